The maximum absolute atomic E-state index is 14.5. The molecule has 6 aromatic carbocycles. The first kappa shape index (κ1) is 37.8. The lowest BCUT2D eigenvalue weighted by molar-refractivity contribution is -0.168. The van der Waals surface area contributed by atoms with Crippen LogP contribution in [0.1, 0.15) is 40.3 Å². The third-order valence-corrected chi connectivity index (χ3v) is 10.6. The lowest BCUT2D eigenvalue weighted by Gasteiger charge is -2.36. The van der Waals surface area contributed by atoms with Crippen molar-refractivity contribution in [2.45, 2.75) is 57.6 Å². The van der Waals surface area contributed by atoms with E-state index in [4.69, 9.17) is 4.74 Å². The zero-order valence-corrected chi connectivity index (χ0v) is 31.6. The predicted molar refractivity (Wildman–Crippen MR) is 216 cm³/mol. The second-order valence-electron chi connectivity index (χ2n) is 14.5. The van der Waals surface area contributed by atoms with E-state index >= 15 is 0 Å². The van der Waals surface area contributed by atoms with Crippen molar-refractivity contribution < 1.29 is 29.3 Å². The number of ether oxygens (including phenoxy) is 1. The van der Waals surface area contributed by atoms with E-state index in [0.29, 0.717) is 16.7 Å². The van der Waals surface area contributed by atoms with Crippen molar-refractivity contribution in [2.75, 3.05) is 0 Å². The molecule has 0 radical (unpaired) electrons. The first-order chi connectivity index (χ1) is 27.0. The summed E-state index contributed by atoms with van der Waals surface area (Å²) in [5.41, 5.74) is 6.70. The highest BCUT2D eigenvalue weighted by atomic mass is 16.6. The number of carbonyl (C=O) groups excluding carboxylic acids is 2. The largest absolute Gasteiger partial charge is 0.480 e. The first-order valence-corrected chi connectivity index (χ1v) is 18.7. The number of rotatable bonds is 12. The molecule has 0 saturated carbocycles. The lowest BCUT2D eigenvalue weighted by Crippen LogP contribution is -2.51. The molecule has 1 heterocycles. The highest BCUT2D eigenvalue weighted by molar-refractivity contribution is 5.96. The Morgan fingerprint density at radius 2 is 0.946 bits per heavy atom. The molecule has 8 heteroatoms. The van der Waals surface area contributed by atoms with Gasteiger partial charge in [-0.2, -0.15) is 0 Å². The normalized spacial score (nSPS) is 16.1. The molecule has 3 atom stereocenters. The molecule has 0 bridgehead atoms. The van der Waals surface area contributed by atoms with Gasteiger partial charge in [-0.1, -0.05) is 169 Å². The molecule has 1 aliphatic rings. The summed E-state index contributed by atoms with van der Waals surface area (Å²) < 4.78 is 6.19. The molecule has 7 rings (SSSR count). The Morgan fingerprint density at radius 1 is 0.589 bits per heavy atom. The van der Waals surface area contributed by atoms with Crippen molar-refractivity contribution in [1.29, 1.82) is 0 Å². The summed E-state index contributed by atoms with van der Waals surface area (Å²) in [5, 5.41) is 23.5. The number of carboxylic acids is 1. The molecule has 0 unspecified atom stereocenters. The Labute approximate surface area is 327 Å². The summed E-state index contributed by atoms with van der Waals surface area (Å²) in [5.74, 6) is -2.27. The van der Waals surface area contributed by atoms with Gasteiger partial charge in [0.2, 0.25) is 0 Å². The number of nitrogens with zero attached hydrogens (tertiary/aromatic N) is 2. The van der Waals surface area contributed by atoms with Gasteiger partial charge in [0.25, 0.3) is 0 Å². The molecule has 6 aromatic rings. The predicted octanol–water partition coefficient (Wildman–Crippen LogP) is 8.76. The first-order valence-electron chi connectivity index (χ1n) is 18.7. The van der Waals surface area contributed by atoms with Crippen LogP contribution in [0.15, 0.2) is 158 Å². The number of hydrogen-bond donors (Lipinski definition) is 2. The van der Waals surface area contributed by atoms with Crippen LogP contribution < -0.4 is 0 Å². The second-order valence-corrected chi connectivity index (χ2v) is 14.5. The van der Waals surface area contributed by atoms with E-state index in [1.165, 1.54) is 9.80 Å². The van der Waals surface area contributed by atoms with Crippen LogP contribution in [0.2, 0.25) is 0 Å². The van der Waals surface area contributed by atoms with Crippen LogP contribution in [0.5, 0.6) is 0 Å². The van der Waals surface area contributed by atoms with Crippen LogP contribution in [0, 0.1) is 13.8 Å². The van der Waals surface area contributed by atoms with Gasteiger partial charge in [0.15, 0.2) is 17.7 Å². The van der Waals surface area contributed by atoms with E-state index in [1.54, 1.807) is 19.1 Å². The van der Waals surface area contributed by atoms with Crippen LogP contribution in [0.3, 0.4) is 0 Å². The van der Waals surface area contributed by atoms with Gasteiger partial charge in [0.05, 0.1) is 0 Å². The van der Waals surface area contributed by atoms with Gasteiger partial charge < -0.3 is 24.7 Å². The SMILES string of the molecule is Cc1ccc(-c2ccc(C(O)(c3ccc(-c4ccc(C)cc4)cc3)[C@H](C)OC(=O)[C@H]3[C@@H](C(=O)O)N(Cc4ccccc4)C(=O)N3Cc3ccccc3)cc2)cc1. The molecule has 0 aliphatic carbocycles. The highest BCUT2D eigenvalue weighted by Gasteiger charge is 2.55. The fraction of sp³-hybridized carbons (Fsp3) is 0.188. The number of esters is 1. The topological polar surface area (TPSA) is 107 Å². The number of amides is 2. The average Bonchev–Trinajstić information content (AvgIpc) is 3.49. The van der Waals surface area contributed by atoms with E-state index in [2.05, 4.69) is 0 Å². The number of carbonyl (C=O) groups is 3. The number of aryl methyl sites for hydroxylation is 2. The molecule has 2 amide bonds. The van der Waals surface area contributed by atoms with E-state index in [-0.39, 0.29) is 13.1 Å². The Balaban J connectivity index is 1.25. The highest BCUT2D eigenvalue weighted by Crippen LogP contribution is 2.38. The van der Waals surface area contributed by atoms with Gasteiger partial charge in [-0.15, -0.1) is 0 Å². The van der Waals surface area contributed by atoms with E-state index in [9.17, 15) is 24.6 Å². The Bertz CT molecular complexity index is 2200. The van der Waals surface area contributed by atoms with Crippen LogP contribution in [0.4, 0.5) is 4.79 Å². The monoisotopic (exact) mass is 744 g/mol. The number of aliphatic hydroxyl groups is 1. The number of urea groups is 1. The molecule has 1 saturated heterocycles. The molecule has 0 aromatic heterocycles. The standard InChI is InChI=1S/C48H44N2O6/c1-32-14-18-37(19-15-32)39-22-26-41(27-23-39)48(55,42-28-24-40(25-29-42)38-20-16-33(2)17-21-38)34(3)56-46(53)44-43(45(51)52)49(30-35-10-6-4-7-11-35)47(54)50(44)31-36-12-8-5-9-13-36/h4-29,34,43-44,55H,30-31H2,1-3H3,(H,51,52)/t34-,43-,44+/m0/s1. The van der Waals surface area contributed by atoms with Crippen LogP contribution in [0.25, 0.3) is 22.3 Å². The van der Waals surface area contributed by atoms with Crippen molar-refractivity contribution in [2.24, 2.45) is 0 Å². The fourth-order valence-corrected chi connectivity index (χ4v) is 7.45. The summed E-state index contributed by atoms with van der Waals surface area (Å²) in [4.78, 5) is 44.2. The maximum Gasteiger partial charge on any atom is 0.332 e. The lowest BCUT2D eigenvalue weighted by atomic mass is 9.81. The van der Waals surface area contributed by atoms with Gasteiger partial charge in [0, 0.05) is 13.1 Å². The third kappa shape index (κ3) is 7.70. The van der Waals surface area contributed by atoms with E-state index in [0.717, 1.165) is 38.9 Å². The van der Waals surface area contributed by atoms with Crippen LogP contribution in [-0.2, 0) is 33.0 Å². The van der Waals surface area contributed by atoms with E-state index < -0.39 is 41.8 Å². The molecule has 8 nitrogen and oxygen atoms in total. The van der Waals surface area contributed by atoms with Crippen molar-refractivity contribution >= 4 is 18.0 Å². The van der Waals surface area contributed by atoms with Gasteiger partial charge in [-0.3, -0.25) is 0 Å². The number of carboxylic acid groups (broad SMARTS) is 1. The smallest absolute Gasteiger partial charge is 0.332 e. The second kappa shape index (κ2) is 16.1. The summed E-state index contributed by atoms with van der Waals surface area (Å²) >= 11 is 0. The summed E-state index contributed by atoms with van der Waals surface area (Å²) in [7, 11) is 0. The van der Waals surface area contributed by atoms with Crippen molar-refractivity contribution in [1.82, 2.24) is 9.80 Å². The minimum Gasteiger partial charge on any atom is -0.480 e. The summed E-state index contributed by atoms with van der Waals surface area (Å²) in [6.07, 6.45) is -1.23. The fourth-order valence-electron chi connectivity index (χ4n) is 7.45. The molecule has 0 spiro atoms. The van der Waals surface area contributed by atoms with Crippen LogP contribution >= 0.6 is 0 Å². The molecule has 1 fully saturated rings. The minimum absolute atomic E-state index is 0.0197. The molecule has 56 heavy (non-hydrogen) atoms. The molecular weight excluding hydrogens is 701 g/mol. The van der Waals surface area contributed by atoms with Crippen molar-refractivity contribution in [3.05, 3.63) is 191 Å². The van der Waals surface area contributed by atoms with Crippen LogP contribution in [-0.4, -0.2) is 56.2 Å². The average molecular weight is 745 g/mol. The summed E-state index contributed by atoms with van der Waals surface area (Å²) in [6.45, 7) is 5.61. The summed E-state index contributed by atoms with van der Waals surface area (Å²) in [6, 6.07) is 45.7. The Hall–Kier alpha value is -6.51. The van der Waals surface area contributed by atoms with Crippen molar-refractivity contribution in [3.8, 4) is 22.3 Å². The number of aliphatic carboxylic acids is 1. The Kier molecular flexibility index (Phi) is 10.8. The van der Waals surface area contributed by atoms with Crippen molar-refractivity contribution in [3.63, 3.8) is 0 Å². The molecular formula is C48H44N2O6. The molecule has 1 aliphatic heterocycles. The Morgan fingerprint density at radius 3 is 1.32 bits per heavy atom. The minimum atomic E-state index is -1.87. The molecule has 282 valence electrons. The number of hydrogen-bond acceptors (Lipinski definition) is 5. The zero-order chi connectivity index (χ0) is 39.4. The van der Waals surface area contributed by atoms with E-state index in [1.807, 2.05) is 159 Å². The van der Waals surface area contributed by atoms with Gasteiger partial charge in [-0.25, -0.2) is 14.4 Å². The quantitative estimate of drug-likeness (QED) is 0.121. The van der Waals surface area contributed by atoms with Gasteiger partial charge >= 0.3 is 18.0 Å². The number of benzene rings is 6. The zero-order valence-electron chi connectivity index (χ0n) is 31.6. The van der Waals surface area contributed by atoms with Gasteiger partial charge in [0.1, 0.15) is 6.10 Å². The van der Waals surface area contributed by atoms with Gasteiger partial charge in [-0.05, 0) is 65.3 Å². The third-order valence-electron chi connectivity index (χ3n) is 10.6. The molecule has 2 N–H and O–H groups in total. The maximum atomic E-state index is 14.5.